The minimum absolute atomic E-state index is 0.0459. The van der Waals surface area contributed by atoms with Crippen LogP contribution >= 0.6 is 0 Å². The molecule has 2 aliphatic rings. The number of imidazole rings is 1. The predicted molar refractivity (Wildman–Crippen MR) is 109 cm³/mol. The number of H-pyrrole nitrogens is 1. The van der Waals surface area contributed by atoms with Crippen LogP contribution in [0.4, 0.5) is 0 Å². The Kier molecular flexibility index (Phi) is 5.79. The number of ketones is 1. The number of benzene rings is 1. The lowest BCUT2D eigenvalue weighted by molar-refractivity contribution is -0.127. The van der Waals surface area contributed by atoms with E-state index in [1.54, 1.807) is 0 Å². The van der Waals surface area contributed by atoms with E-state index in [2.05, 4.69) is 26.7 Å². The van der Waals surface area contributed by atoms with E-state index in [1.165, 1.54) is 0 Å². The third-order valence-electron chi connectivity index (χ3n) is 5.93. The summed E-state index contributed by atoms with van der Waals surface area (Å²) in [5.74, 6) is -0.638. The Morgan fingerprint density at radius 2 is 2.03 bits per heavy atom. The molecule has 2 fully saturated rings. The van der Waals surface area contributed by atoms with Gasteiger partial charge < -0.3 is 15.6 Å². The van der Waals surface area contributed by atoms with E-state index in [1.807, 2.05) is 24.3 Å². The van der Waals surface area contributed by atoms with Crippen molar-refractivity contribution in [3.8, 4) is 6.07 Å². The first kappa shape index (κ1) is 20.1. The number of rotatable bonds is 9. The predicted octanol–water partition coefficient (Wildman–Crippen LogP) is 2.09. The molecule has 30 heavy (non-hydrogen) atoms. The molecule has 1 aliphatic heterocycles. The minimum atomic E-state index is -0.741. The Hall–Kier alpha value is -3.21. The molecule has 3 unspecified atom stereocenters. The molecule has 2 heterocycles. The molecule has 8 nitrogen and oxygen atoms in total. The zero-order valence-corrected chi connectivity index (χ0v) is 16.7. The van der Waals surface area contributed by atoms with Crippen LogP contribution in [-0.4, -0.2) is 40.2 Å². The van der Waals surface area contributed by atoms with Crippen molar-refractivity contribution in [2.75, 3.05) is 6.54 Å². The van der Waals surface area contributed by atoms with Gasteiger partial charge in [0, 0.05) is 24.8 Å². The van der Waals surface area contributed by atoms with Crippen LogP contribution in [0, 0.1) is 29.1 Å². The lowest BCUT2D eigenvalue weighted by Gasteiger charge is -2.19. The van der Waals surface area contributed by atoms with Gasteiger partial charge in [0.25, 0.3) is 0 Å². The highest BCUT2D eigenvalue weighted by molar-refractivity contribution is 5.98. The molecule has 156 valence electrons. The van der Waals surface area contributed by atoms with E-state index in [0.717, 1.165) is 18.4 Å². The van der Waals surface area contributed by atoms with Gasteiger partial charge >= 0.3 is 0 Å². The molecule has 1 aliphatic carbocycles. The second-order valence-electron chi connectivity index (χ2n) is 8.31. The van der Waals surface area contributed by atoms with E-state index in [4.69, 9.17) is 0 Å². The Balaban J connectivity index is 1.41. The molecule has 2 amide bonds. The molecule has 1 saturated heterocycles. The maximum atomic E-state index is 12.9. The van der Waals surface area contributed by atoms with Crippen LogP contribution in [0.3, 0.4) is 0 Å². The van der Waals surface area contributed by atoms with Crippen molar-refractivity contribution in [2.45, 2.75) is 44.6 Å². The van der Waals surface area contributed by atoms with Gasteiger partial charge in [-0.15, -0.1) is 0 Å². The molecule has 0 spiro atoms. The Bertz CT molecular complexity index is 971. The number of Topliss-reactive ketones (excluding diaryl/α,β-unsaturated/α-hetero) is 1. The normalized spacial score (nSPS) is 20.4. The topological polar surface area (TPSA) is 128 Å². The van der Waals surface area contributed by atoms with Crippen molar-refractivity contribution in [1.29, 1.82) is 5.26 Å². The van der Waals surface area contributed by atoms with Crippen molar-refractivity contribution >= 4 is 28.6 Å². The maximum absolute atomic E-state index is 12.9. The number of nitrogens with one attached hydrogen (secondary N) is 3. The molecular weight excluding hydrogens is 382 g/mol. The zero-order chi connectivity index (χ0) is 21.1. The van der Waals surface area contributed by atoms with Crippen molar-refractivity contribution < 1.29 is 14.4 Å². The molecule has 0 radical (unpaired) electrons. The standard InChI is InChI=1S/C22H25N5O3/c23-12-16(10-14-7-8-24-21(14)29)25-22(30)15(9-13-5-6-13)11-19(28)20-26-17-3-1-2-4-18(17)27-20/h1-4,13-16H,5-11H2,(H,24,29)(H,25,30)(H,26,27). The molecule has 1 saturated carbocycles. The van der Waals surface area contributed by atoms with Crippen LogP contribution in [0.2, 0.25) is 0 Å². The van der Waals surface area contributed by atoms with Crippen molar-refractivity contribution in [2.24, 2.45) is 17.8 Å². The van der Waals surface area contributed by atoms with E-state index >= 15 is 0 Å². The first-order valence-corrected chi connectivity index (χ1v) is 10.5. The SMILES string of the molecule is N#CC(CC1CCNC1=O)NC(=O)C(CC(=O)c1nc2ccccc2[nH]1)CC1CC1. The van der Waals surface area contributed by atoms with Gasteiger partial charge in [0.2, 0.25) is 11.8 Å². The summed E-state index contributed by atoms with van der Waals surface area (Å²) in [5.41, 5.74) is 1.49. The van der Waals surface area contributed by atoms with Crippen LogP contribution in [-0.2, 0) is 9.59 Å². The first-order chi connectivity index (χ1) is 14.5. The van der Waals surface area contributed by atoms with E-state index in [9.17, 15) is 19.6 Å². The van der Waals surface area contributed by atoms with Crippen LogP contribution in [0.15, 0.2) is 24.3 Å². The summed E-state index contributed by atoms with van der Waals surface area (Å²) in [6, 6.07) is 8.75. The molecular formula is C22H25N5O3. The monoisotopic (exact) mass is 407 g/mol. The first-order valence-electron chi connectivity index (χ1n) is 10.5. The highest BCUT2D eigenvalue weighted by Crippen LogP contribution is 2.36. The summed E-state index contributed by atoms with van der Waals surface area (Å²) in [5, 5.41) is 15.0. The van der Waals surface area contributed by atoms with Crippen molar-refractivity contribution in [3.63, 3.8) is 0 Å². The Morgan fingerprint density at radius 3 is 2.70 bits per heavy atom. The zero-order valence-electron chi connectivity index (χ0n) is 16.7. The highest BCUT2D eigenvalue weighted by Gasteiger charge is 2.34. The van der Waals surface area contributed by atoms with Gasteiger partial charge in [0.1, 0.15) is 6.04 Å². The van der Waals surface area contributed by atoms with Gasteiger partial charge in [-0.3, -0.25) is 14.4 Å². The number of nitriles is 1. The number of aromatic nitrogens is 2. The molecule has 1 aromatic heterocycles. The lowest BCUT2D eigenvalue weighted by Crippen LogP contribution is -2.40. The maximum Gasteiger partial charge on any atom is 0.224 e. The average Bonchev–Trinajstić information content (AvgIpc) is 3.30. The fourth-order valence-electron chi connectivity index (χ4n) is 4.03. The van der Waals surface area contributed by atoms with Crippen LogP contribution in [0.1, 0.15) is 49.1 Å². The third kappa shape index (κ3) is 4.67. The van der Waals surface area contributed by atoms with Crippen LogP contribution < -0.4 is 10.6 Å². The quantitative estimate of drug-likeness (QED) is 0.548. The third-order valence-corrected chi connectivity index (χ3v) is 5.93. The van der Waals surface area contributed by atoms with Crippen LogP contribution in [0.5, 0.6) is 0 Å². The molecule has 2 aromatic rings. The second kappa shape index (κ2) is 8.66. The number of fused-ring (bicyclic) bond motifs is 1. The summed E-state index contributed by atoms with van der Waals surface area (Å²) in [4.78, 5) is 44.9. The number of para-hydroxylation sites is 2. The summed E-state index contributed by atoms with van der Waals surface area (Å²) < 4.78 is 0. The highest BCUT2D eigenvalue weighted by atomic mass is 16.2. The van der Waals surface area contributed by atoms with E-state index in [0.29, 0.717) is 37.2 Å². The number of amides is 2. The molecule has 0 bridgehead atoms. The van der Waals surface area contributed by atoms with Gasteiger partial charge in [0.05, 0.1) is 17.1 Å². The summed E-state index contributed by atoms with van der Waals surface area (Å²) in [6.45, 7) is 0.603. The van der Waals surface area contributed by atoms with Gasteiger partial charge in [0.15, 0.2) is 11.6 Å². The number of nitrogens with zero attached hydrogens (tertiary/aromatic N) is 2. The largest absolute Gasteiger partial charge is 0.356 e. The van der Waals surface area contributed by atoms with Gasteiger partial charge in [-0.2, -0.15) is 5.26 Å². The number of carbonyl (C=O) groups excluding carboxylic acids is 3. The van der Waals surface area contributed by atoms with E-state index in [-0.39, 0.29) is 35.8 Å². The molecule has 3 N–H and O–H groups in total. The molecule has 8 heteroatoms. The minimum Gasteiger partial charge on any atom is -0.356 e. The number of aromatic amines is 1. The van der Waals surface area contributed by atoms with Gasteiger partial charge in [-0.25, -0.2) is 4.98 Å². The van der Waals surface area contributed by atoms with Crippen molar-refractivity contribution in [3.05, 3.63) is 30.1 Å². The number of hydrogen-bond donors (Lipinski definition) is 3. The van der Waals surface area contributed by atoms with Gasteiger partial charge in [-0.1, -0.05) is 25.0 Å². The summed E-state index contributed by atoms with van der Waals surface area (Å²) in [7, 11) is 0. The summed E-state index contributed by atoms with van der Waals surface area (Å²) in [6.07, 6.45) is 3.76. The number of carbonyl (C=O) groups is 3. The second-order valence-corrected chi connectivity index (χ2v) is 8.31. The smallest absolute Gasteiger partial charge is 0.224 e. The lowest BCUT2D eigenvalue weighted by atomic mass is 9.93. The fourth-order valence-corrected chi connectivity index (χ4v) is 4.03. The number of hydrogen-bond acceptors (Lipinski definition) is 5. The summed E-state index contributed by atoms with van der Waals surface area (Å²) >= 11 is 0. The van der Waals surface area contributed by atoms with Crippen molar-refractivity contribution in [1.82, 2.24) is 20.6 Å². The molecule has 4 rings (SSSR count). The van der Waals surface area contributed by atoms with Gasteiger partial charge in [-0.05, 0) is 37.3 Å². The average molecular weight is 407 g/mol. The molecule has 1 aromatic carbocycles. The Morgan fingerprint density at radius 1 is 1.23 bits per heavy atom. The van der Waals surface area contributed by atoms with E-state index < -0.39 is 12.0 Å². The van der Waals surface area contributed by atoms with Crippen LogP contribution in [0.25, 0.3) is 11.0 Å². The Labute approximate surface area is 174 Å². The molecule has 3 atom stereocenters. The fraction of sp³-hybridized carbons (Fsp3) is 0.500.